The SMILES string of the molecule is COC(=O)CCC=CCCCO[Si](C)(C)C(C)(C)C. The van der Waals surface area contributed by atoms with Gasteiger partial charge in [-0.1, -0.05) is 32.9 Å². The van der Waals surface area contributed by atoms with Crippen LogP contribution in [0.5, 0.6) is 0 Å². The topological polar surface area (TPSA) is 35.5 Å². The fourth-order valence-corrected chi connectivity index (χ4v) is 2.37. The van der Waals surface area contributed by atoms with Crippen molar-refractivity contribution in [1.82, 2.24) is 0 Å². The predicted octanol–water partition coefficient (Wildman–Crippen LogP) is 4.30. The lowest BCUT2D eigenvalue weighted by atomic mass is 10.2. The molecule has 0 saturated carbocycles. The summed E-state index contributed by atoms with van der Waals surface area (Å²) < 4.78 is 10.7. The minimum atomic E-state index is -1.59. The van der Waals surface area contributed by atoms with E-state index in [4.69, 9.17) is 4.43 Å². The van der Waals surface area contributed by atoms with E-state index in [1.807, 2.05) is 6.08 Å². The van der Waals surface area contributed by atoms with E-state index in [1.54, 1.807) is 0 Å². The van der Waals surface area contributed by atoms with Gasteiger partial charge in [-0.3, -0.25) is 4.79 Å². The molecule has 0 fully saturated rings. The molecular formula is C15H30O3Si. The summed E-state index contributed by atoms with van der Waals surface area (Å²) in [6.07, 6.45) is 7.45. The summed E-state index contributed by atoms with van der Waals surface area (Å²) in [5.41, 5.74) is 0. The van der Waals surface area contributed by atoms with Gasteiger partial charge in [-0.25, -0.2) is 0 Å². The average Bonchev–Trinajstić information content (AvgIpc) is 2.30. The molecule has 4 heteroatoms. The summed E-state index contributed by atoms with van der Waals surface area (Å²) in [4.78, 5) is 10.9. The standard InChI is InChI=1S/C15H30O3Si/c1-15(2,3)19(5,6)18-13-11-9-7-8-10-12-14(16)17-4/h7-8H,9-13H2,1-6H3. The first-order valence-electron chi connectivity index (χ1n) is 7.06. The first-order valence-corrected chi connectivity index (χ1v) is 9.97. The third-order valence-corrected chi connectivity index (χ3v) is 8.23. The first kappa shape index (κ1) is 18.4. The van der Waals surface area contributed by atoms with Crippen LogP contribution >= 0.6 is 0 Å². The van der Waals surface area contributed by atoms with Crippen LogP contribution in [0.2, 0.25) is 18.1 Å². The van der Waals surface area contributed by atoms with Gasteiger partial charge in [0, 0.05) is 13.0 Å². The van der Waals surface area contributed by atoms with Crippen molar-refractivity contribution in [3.63, 3.8) is 0 Å². The third-order valence-electron chi connectivity index (χ3n) is 3.69. The number of unbranched alkanes of at least 4 members (excludes halogenated alkanes) is 1. The molecule has 0 N–H and O–H groups in total. The highest BCUT2D eigenvalue weighted by Gasteiger charge is 2.36. The molecule has 0 amide bonds. The van der Waals surface area contributed by atoms with E-state index >= 15 is 0 Å². The average molecular weight is 286 g/mol. The van der Waals surface area contributed by atoms with Crippen molar-refractivity contribution in [1.29, 1.82) is 0 Å². The molecule has 19 heavy (non-hydrogen) atoms. The zero-order valence-electron chi connectivity index (χ0n) is 13.4. The van der Waals surface area contributed by atoms with Gasteiger partial charge < -0.3 is 9.16 Å². The smallest absolute Gasteiger partial charge is 0.305 e. The Hall–Kier alpha value is -0.613. The molecule has 0 unspecified atom stereocenters. The predicted molar refractivity (Wildman–Crippen MR) is 82.8 cm³/mol. The molecule has 0 aromatic heterocycles. The second-order valence-electron chi connectivity index (χ2n) is 6.34. The number of allylic oxidation sites excluding steroid dienone is 2. The van der Waals surface area contributed by atoms with Crippen LogP contribution in [-0.4, -0.2) is 28.0 Å². The van der Waals surface area contributed by atoms with Crippen molar-refractivity contribution in [2.24, 2.45) is 0 Å². The van der Waals surface area contributed by atoms with E-state index < -0.39 is 8.32 Å². The van der Waals surface area contributed by atoms with E-state index in [0.717, 1.165) is 25.9 Å². The van der Waals surface area contributed by atoms with Gasteiger partial charge in [-0.2, -0.15) is 0 Å². The molecule has 0 aliphatic rings. The van der Waals surface area contributed by atoms with Crippen LogP contribution in [-0.2, 0) is 14.0 Å². The summed E-state index contributed by atoms with van der Waals surface area (Å²) >= 11 is 0. The van der Waals surface area contributed by atoms with Crippen molar-refractivity contribution in [3.05, 3.63) is 12.2 Å². The molecule has 0 bridgehead atoms. The number of carbonyl (C=O) groups excluding carboxylic acids is 1. The summed E-state index contributed by atoms with van der Waals surface area (Å²) in [6, 6.07) is 0. The Morgan fingerprint density at radius 1 is 1.16 bits per heavy atom. The van der Waals surface area contributed by atoms with Gasteiger partial charge in [0.25, 0.3) is 0 Å². The number of methoxy groups -OCH3 is 1. The number of hydrogen-bond donors (Lipinski definition) is 0. The first-order chi connectivity index (χ1) is 8.70. The Labute approximate surface area is 119 Å². The Morgan fingerprint density at radius 2 is 1.74 bits per heavy atom. The van der Waals surface area contributed by atoms with Gasteiger partial charge in [0.2, 0.25) is 0 Å². The minimum Gasteiger partial charge on any atom is -0.469 e. The molecule has 3 nitrogen and oxygen atoms in total. The third kappa shape index (κ3) is 8.21. The van der Waals surface area contributed by atoms with Crippen LogP contribution in [0.3, 0.4) is 0 Å². The molecule has 0 heterocycles. The van der Waals surface area contributed by atoms with E-state index in [9.17, 15) is 4.79 Å². The van der Waals surface area contributed by atoms with E-state index in [0.29, 0.717) is 6.42 Å². The van der Waals surface area contributed by atoms with Gasteiger partial charge in [-0.05, 0) is 37.4 Å². The summed E-state index contributed by atoms with van der Waals surface area (Å²) in [6.45, 7) is 12.2. The second-order valence-corrected chi connectivity index (χ2v) is 11.1. The monoisotopic (exact) mass is 286 g/mol. The van der Waals surface area contributed by atoms with Crippen molar-refractivity contribution < 1.29 is 14.0 Å². The zero-order valence-corrected chi connectivity index (χ0v) is 14.4. The Kier molecular flexibility index (Phi) is 8.26. The number of carbonyl (C=O) groups is 1. The summed E-state index contributed by atoms with van der Waals surface area (Å²) in [7, 11) is -0.165. The fraction of sp³-hybridized carbons (Fsp3) is 0.800. The molecule has 0 spiro atoms. The number of hydrogen-bond acceptors (Lipinski definition) is 3. The van der Waals surface area contributed by atoms with E-state index in [1.165, 1.54) is 7.11 Å². The lowest BCUT2D eigenvalue weighted by Gasteiger charge is -2.36. The molecule has 0 aromatic carbocycles. The molecule has 0 aliphatic heterocycles. The van der Waals surface area contributed by atoms with Gasteiger partial charge in [0.15, 0.2) is 8.32 Å². The van der Waals surface area contributed by atoms with Crippen LogP contribution < -0.4 is 0 Å². The Balaban J connectivity index is 3.66. The van der Waals surface area contributed by atoms with E-state index in [2.05, 4.69) is 44.7 Å². The molecule has 0 rings (SSSR count). The normalized spacial score (nSPS) is 12.9. The van der Waals surface area contributed by atoms with Crippen LogP contribution in [0.15, 0.2) is 12.2 Å². The van der Waals surface area contributed by atoms with Crippen molar-refractivity contribution in [2.45, 2.75) is 64.6 Å². The van der Waals surface area contributed by atoms with Gasteiger partial charge in [0.1, 0.15) is 0 Å². The highest BCUT2D eigenvalue weighted by Crippen LogP contribution is 2.36. The zero-order chi connectivity index (χ0) is 14.9. The molecular weight excluding hydrogens is 256 g/mol. The molecule has 0 radical (unpaired) electrons. The molecule has 0 aliphatic carbocycles. The van der Waals surface area contributed by atoms with Gasteiger partial charge >= 0.3 is 5.97 Å². The van der Waals surface area contributed by atoms with Crippen LogP contribution in [0.1, 0.15) is 46.5 Å². The molecule has 0 atom stereocenters. The van der Waals surface area contributed by atoms with Crippen molar-refractivity contribution in [2.75, 3.05) is 13.7 Å². The number of ether oxygens (including phenoxy) is 1. The Morgan fingerprint density at radius 3 is 2.26 bits per heavy atom. The van der Waals surface area contributed by atoms with Crippen LogP contribution in [0, 0.1) is 0 Å². The number of rotatable bonds is 8. The summed E-state index contributed by atoms with van der Waals surface area (Å²) in [5.74, 6) is -0.147. The number of esters is 1. The lowest BCUT2D eigenvalue weighted by molar-refractivity contribution is -0.140. The quantitative estimate of drug-likeness (QED) is 0.289. The molecule has 112 valence electrons. The Bertz CT molecular complexity index is 290. The summed E-state index contributed by atoms with van der Waals surface area (Å²) in [5, 5.41) is 0.281. The minimum absolute atomic E-state index is 0.147. The van der Waals surface area contributed by atoms with Gasteiger partial charge in [-0.15, -0.1) is 0 Å². The maximum atomic E-state index is 10.9. The highest BCUT2D eigenvalue weighted by molar-refractivity contribution is 6.74. The second kappa shape index (κ2) is 8.54. The van der Waals surface area contributed by atoms with Gasteiger partial charge in [0.05, 0.1) is 7.11 Å². The maximum Gasteiger partial charge on any atom is 0.305 e. The molecule has 0 aromatic rings. The highest BCUT2D eigenvalue weighted by atomic mass is 28.4. The maximum absolute atomic E-state index is 10.9. The molecule has 0 saturated heterocycles. The lowest BCUT2D eigenvalue weighted by Crippen LogP contribution is -2.40. The fourth-order valence-electron chi connectivity index (χ4n) is 1.28. The van der Waals surface area contributed by atoms with Crippen LogP contribution in [0.4, 0.5) is 0 Å². The van der Waals surface area contributed by atoms with Crippen LogP contribution in [0.25, 0.3) is 0 Å². The van der Waals surface area contributed by atoms with Crippen molar-refractivity contribution in [3.8, 4) is 0 Å². The van der Waals surface area contributed by atoms with E-state index in [-0.39, 0.29) is 11.0 Å². The largest absolute Gasteiger partial charge is 0.469 e. The van der Waals surface area contributed by atoms with Crippen molar-refractivity contribution >= 4 is 14.3 Å².